The number of hydrogen-bond donors (Lipinski definition) is 2. The fourth-order valence-electron chi connectivity index (χ4n) is 3.65. The second-order valence-electron chi connectivity index (χ2n) is 6.98. The van der Waals surface area contributed by atoms with E-state index >= 15 is 0 Å². The number of alkyl carbamates (subject to hydrolysis) is 1. The van der Waals surface area contributed by atoms with Crippen molar-refractivity contribution >= 4 is 18.2 Å². The summed E-state index contributed by atoms with van der Waals surface area (Å²) in [5.74, 6) is 0. The molecule has 0 bridgehead atoms. The lowest BCUT2D eigenvalue weighted by Gasteiger charge is -2.31. The number of aliphatic hydroxyl groups is 1. The molecule has 0 saturated heterocycles. The number of amides is 1. The van der Waals surface area contributed by atoms with Crippen LogP contribution in [0.2, 0.25) is 0 Å². The highest BCUT2D eigenvalue weighted by Gasteiger charge is 2.35. The molecule has 4 heteroatoms. The summed E-state index contributed by atoms with van der Waals surface area (Å²) >= 11 is 0. The van der Waals surface area contributed by atoms with E-state index in [9.17, 15) is 9.90 Å². The first-order valence-corrected chi connectivity index (χ1v) is 9.57. The average molecular weight is 365 g/mol. The Balaban J connectivity index is 1.83. The van der Waals surface area contributed by atoms with Crippen molar-refractivity contribution in [1.82, 2.24) is 5.32 Å². The van der Waals surface area contributed by atoms with Gasteiger partial charge in [0.1, 0.15) is 5.60 Å². The van der Waals surface area contributed by atoms with Gasteiger partial charge in [0.25, 0.3) is 0 Å². The van der Waals surface area contributed by atoms with E-state index in [1.807, 2.05) is 43.3 Å². The molecule has 1 aliphatic carbocycles. The maximum absolute atomic E-state index is 11.8. The van der Waals surface area contributed by atoms with Crippen molar-refractivity contribution in [3.63, 3.8) is 0 Å². The molecule has 0 aliphatic heterocycles. The number of hydrogen-bond acceptors (Lipinski definition) is 3. The molecule has 1 aliphatic rings. The molecule has 0 aromatic heterocycles. The van der Waals surface area contributed by atoms with Gasteiger partial charge in [0.05, 0.1) is 6.61 Å². The zero-order valence-electron chi connectivity index (χ0n) is 16.0. The lowest BCUT2D eigenvalue weighted by molar-refractivity contribution is 0.0680. The molecule has 4 nitrogen and oxygen atoms in total. The zero-order valence-corrected chi connectivity index (χ0v) is 16.0. The largest absolute Gasteiger partial charge is 0.450 e. The van der Waals surface area contributed by atoms with Crippen LogP contribution in [0.5, 0.6) is 0 Å². The van der Waals surface area contributed by atoms with Crippen LogP contribution >= 0.6 is 0 Å². The van der Waals surface area contributed by atoms with Gasteiger partial charge in [-0.05, 0) is 54.0 Å². The lowest BCUT2D eigenvalue weighted by atomic mass is 9.79. The fraction of sp³-hybridized carbons (Fsp3) is 0.348. The van der Waals surface area contributed by atoms with E-state index in [-0.39, 0.29) is 0 Å². The standard InChI is InChI=1S/C23H27NO3/c1-3-16-27-22(25)24-15-7-14-23(26)20-10-5-4-9-18(20)12-13-19-17(2)8-6-11-21(19)23/h4-6,8-13,26H,3,7,14-16H2,1-2H3,(H,24,25). The van der Waals surface area contributed by atoms with E-state index in [0.29, 0.717) is 26.0 Å². The highest BCUT2D eigenvalue weighted by molar-refractivity contribution is 5.78. The van der Waals surface area contributed by atoms with Crippen LogP contribution in [0.15, 0.2) is 42.5 Å². The summed E-state index contributed by atoms with van der Waals surface area (Å²) in [5, 5.41) is 14.6. The van der Waals surface area contributed by atoms with Gasteiger partial charge in [0, 0.05) is 6.54 Å². The predicted octanol–water partition coefficient (Wildman–Crippen LogP) is 4.63. The van der Waals surface area contributed by atoms with Crippen LogP contribution in [-0.4, -0.2) is 24.4 Å². The highest BCUT2D eigenvalue weighted by atomic mass is 16.5. The normalized spacial score (nSPS) is 17.6. The van der Waals surface area contributed by atoms with Crippen molar-refractivity contribution in [2.75, 3.05) is 13.2 Å². The quantitative estimate of drug-likeness (QED) is 0.734. The van der Waals surface area contributed by atoms with Gasteiger partial charge in [-0.15, -0.1) is 0 Å². The van der Waals surface area contributed by atoms with Crippen LogP contribution in [0, 0.1) is 6.92 Å². The maximum atomic E-state index is 11.8. The summed E-state index contributed by atoms with van der Waals surface area (Å²) in [4.78, 5) is 11.6. The Labute approximate surface area is 160 Å². The van der Waals surface area contributed by atoms with Gasteiger partial charge >= 0.3 is 6.09 Å². The molecule has 0 heterocycles. The molecule has 1 unspecified atom stereocenters. The number of fused-ring (bicyclic) bond motifs is 2. The van der Waals surface area contributed by atoms with Gasteiger partial charge in [-0.3, -0.25) is 0 Å². The van der Waals surface area contributed by atoms with Crippen molar-refractivity contribution in [3.05, 3.63) is 70.3 Å². The number of carbonyl (C=O) groups is 1. The molecule has 0 radical (unpaired) electrons. The van der Waals surface area contributed by atoms with E-state index in [4.69, 9.17) is 4.74 Å². The molecule has 0 spiro atoms. The van der Waals surface area contributed by atoms with Crippen LogP contribution in [-0.2, 0) is 10.3 Å². The van der Waals surface area contributed by atoms with Crippen molar-refractivity contribution in [1.29, 1.82) is 0 Å². The van der Waals surface area contributed by atoms with Crippen molar-refractivity contribution in [2.24, 2.45) is 0 Å². The molecule has 0 fully saturated rings. The Hall–Kier alpha value is -2.59. The van der Waals surface area contributed by atoms with Crippen LogP contribution < -0.4 is 5.32 Å². The number of nitrogens with one attached hydrogen (secondary N) is 1. The van der Waals surface area contributed by atoms with Crippen LogP contribution in [0.25, 0.3) is 12.2 Å². The van der Waals surface area contributed by atoms with Gasteiger partial charge < -0.3 is 15.2 Å². The van der Waals surface area contributed by atoms with Gasteiger partial charge in [0.15, 0.2) is 0 Å². The van der Waals surface area contributed by atoms with E-state index in [0.717, 1.165) is 34.2 Å². The van der Waals surface area contributed by atoms with Crippen LogP contribution in [0.4, 0.5) is 4.79 Å². The molecule has 1 atom stereocenters. The summed E-state index contributed by atoms with van der Waals surface area (Å²) in [6.45, 7) is 4.90. The van der Waals surface area contributed by atoms with Crippen LogP contribution in [0.3, 0.4) is 0 Å². The number of aryl methyl sites for hydroxylation is 1. The molecule has 2 N–H and O–H groups in total. The Bertz CT molecular complexity index is 843. The van der Waals surface area contributed by atoms with Gasteiger partial charge in [-0.2, -0.15) is 0 Å². The topological polar surface area (TPSA) is 58.6 Å². The van der Waals surface area contributed by atoms with E-state index in [2.05, 4.69) is 30.5 Å². The summed E-state index contributed by atoms with van der Waals surface area (Å²) in [5.41, 5.74) is 3.93. The maximum Gasteiger partial charge on any atom is 0.407 e. The monoisotopic (exact) mass is 365 g/mol. The Kier molecular flexibility index (Phi) is 5.97. The summed E-state index contributed by atoms with van der Waals surface area (Å²) in [7, 11) is 0. The van der Waals surface area contributed by atoms with Gasteiger partial charge in [-0.25, -0.2) is 4.79 Å². The third-order valence-corrected chi connectivity index (χ3v) is 5.03. The number of benzene rings is 2. The van der Waals surface area contributed by atoms with E-state index in [1.165, 1.54) is 0 Å². The zero-order chi connectivity index (χ0) is 19.3. The number of rotatable bonds is 6. The third-order valence-electron chi connectivity index (χ3n) is 5.03. The Morgan fingerprint density at radius 1 is 1.11 bits per heavy atom. The smallest absolute Gasteiger partial charge is 0.407 e. The molecular formula is C23H27NO3. The minimum Gasteiger partial charge on any atom is -0.450 e. The fourth-order valence-corrected chi connectivity index (χ4v) is 3.65. The summed E-state index contributed by atoms with van der Waals surface area (Å²) in [6.07, 6.45) is 5.70. The third kappa shape index (κ3) is 4.06. The molecule has 2 aromatic carbocycles. The molecule has 1 amide bonds. The first-order chi connectivity index (χ1) is 13.1. The second-order valence-corrected chi connectivity index (χ2v) is 6.98. The van der Waals surface area contributed by atoms with Crippen molar-refractivity contribution in [3.8, 4) is 0 Å². The van der Waals surface area contributed by atoms with E-state index in [1.54, 1.807) is 0 Å². The van der Waals surface area contributed by atoms with Crippen LogP contribution in [0.1, 0.15) is 54.0 Å². The Morgan fingerprint density at radius 2 is 1.89 bits per heavy atom. The van der Waals surface area contributed by atoms with Gasteiger partial charge in [-0.1, -0.05) is 61.5 Å². The average Bonchev–Trinajstić information content (AvgIpc) is 2.80. The lowest BCUT2D eigenvalue weighted by Crippen LogP contribution is -2.31. The van der Waals surface area contributed by atoms with Gasteiger partial charge in [0.2, 0.25) is 0 Å². The number of carbonyl (C=O) groups excluding carboxylic acids is 1. The Morgan fingerprint density at radius 3 is 2.70 bits per heavy atom. The molecule has 3 rings (SSSR count). The minimum absolute atomic E-state index is 0.400. The first-order valence-electron chi connectivity index (χ1n) is 9.57. The first kappa shape index (κ1) is 19.2. The SMILES string of the molecule is CCCOC(=O)NCCCC1(O)c2ccccc2C=Cc2c(C)cccc21. The predicted molar refractivity (Wildman–Crippen MR) is 108 cm³/mol. The molecular weight excluding hydrogens is 338 g/mol. The van der Waals surface area contributed by atoms with E-state index < -0.39 is 11.7 Å². The molecule has 0 saturated carbocycles. The summed E-state index contributed by atoms with van der Waals surface area (Å²) < 4.78 is 5.03. The molecule has 142 valence electrons. The summed E-state index contributed by atoms with van der Waals surface area (Å²) in [6, 6.07) is 14.0. The second kappa shape index (κ2) is 8.40. The molecule has 27 heavy (non-hydrogen) atoms. The minimum atomic E-state index is -1.10. The van der Waals surface area contributed by atoms with Crippen molar-refractivity contribution in [2.45, 2.75) is 38.7 Å². The number of ether oxygens (including phenoxy) is 1. The van der Waals surface area contributed by atoms with Crippen molar-refractivity contribution < 1.29 is 14.6 Å². The highest BCUT2D eigenvalue weighted by Crippen LogP contribution is 2.41. The molecule has 2 aromatic rings.